The van der Waals surface area contributed by atoms with Gasteiger partial charge in [-0.15, -0.1) is 11.7 Å². The zero-order valence-electron chi connectivity index (χ0n) is 9.38. The number of nitrogens with zero attached hydrogens (tertiary/aromatic N) is 4. The van der Waals surface area contributed by atoms with E-state index in [1.165, 1.54) is 11.0 Å². The van der Waals surface area contributed by atoms with E-state index in [0.717, 1.165) is 0 Å². The lowest BCUT2D eigenvalue weighted by atomic mass is 10.2. The van der Waals surface area contributed by atoms with Gasteiger partial charge in [-0.3, -0.25) is 4.79 Å². The molecule has 0 atom stereocenters. The first-order valence-electron chi connectivity index (χ1n) is 5.14. The van der Waals surface area contributed by atoms with Crippen LogP contribution in [0.2, 0.25) is 5.02 Å². The number of halogens is 1. The molecule has 0 saturated carbocycles. The smallest absolute Gasteiger partial charge is 0.253 e. The number of nitrogens with one attached hydrogen (secondary N) is 1. The minimum Gasteiger partial charge on any atom is -0.349 e. The van der Waals surface area contributed by atoms with Gasteiger partial charge in [-0.05, 0) is 28.6 Å². The van der Waals surface area contributed by atoms with Crippen LogP contribution in [0.25, 0.3) is 5.69 Å². The van der Waals surface area contributed by atoms with Crippen molar-refractivity contribution in [3.8, 4) is 5.69 Å². The van der Waals surface area contributed by atoms with E-state index in [-0.39, 0.29) is 5.91 Å². The van der Waals surface area contributed by atoms with Crippen LogP contribution in [-0.2, 0) is 0 Å². The first kappa shape index (κ1) is 12.3. The number of benzene rings is 1. The van der Waals surface area contributed by atoms with Crippen molar-refractivity contribution in [1.29, 1.82) is 0 Å². The number of aromatic nitrogens is 4. The van der Waals surface area contributed by atoms with Crippen molar-refractivity contribution in [2.75, 3.05) is 6.54 Å². The third-order valence-corrected chi connectivity index (χ3v) is 2.54. The number of tetrazole rings is 1. The molecule has 0 saturated heterocycles. The summed E-state index contributed by atoms with van der Waals surface area (Å²) in [5.74, 6) is -0.269. The van der Waals surface area contributed by atoms with Gasteiger partial charge in [-0.25, -0.2) is 4.68 Å². The van der Waals surface area contributed by atoms with Crippen molar-refractivity contribution < 1.29 is 4.79 Å². The summed E-state index contributed by atoms with van der Waals surface area (Å²) >= 11 is 5.98. The van der Waals surface area contributed by atoms with Crippen LogP contribution in [0.15, 0.2) is 37.2 Å². The first-order chi connectivity index (χ1) is 8.72. The molecule has 0 aliphatic rings. The minimum atomic E-state index is -0.269. The maximum atomic E-state index is 11.8. The van der Waals surface area contributed by atoms with Gasteiger partial charge in [-0.1, -0.05) is 17.7 Å². The number of carbonyl (C=O) groups is 1. The summed E-state index contributed by atoms with van der Waals surface area (Å²) in [6.07, 6.45) is 3.03. The molecule has 2 rings (SSSR count). The molecule has 0 bridgehead atoms. The Bertz CT molecular complexity index is 567. The lowest BCUT2D eigenvalue weighted by Gasteiger charge is -2.07. The van der Waals surface area contributed by atoms with Crippen molar-refractivity contribution in [1.82, 2.24) is 25.5 Å². The Hall–Kier alpha value is -2.21. The standard InChI is InChI=1S/C11H10ClN5O/c1-2-5-13-11(18)9-6-8(3-4-10(9)12)17-7-14-15-16-17/h2-4,6-7H,1,5H2,(H,13,18). The fourth-order valence-corrected chi connectivity index (χ4v) is 1.57. The van der Waals surface area contributed by atoms with Crippen molar-refractivity contribution in [2.45, 2.75) is 0 Å². The second-order valence-corrected chi connectivity index (χ2v) is 3.82. The fraction of sp³-hybridized carbons (Fsp3) is 0.0909. The van der Waals surface area contributed by atoms with Gasteiger partial charge in [-0.2, -0.15) is 0 Å². The van der Waals surface area contributed by atoms with E-state index in [0.29, 0.717) is 22.8 Å². The monoisotopic (exact) mass is 263 g/mol. The molecule has 0 radical (unpaired) electrons. The maximum absolute atomic E-state index is 11.8. The van der Waals surface area contributed by atoms with Gasteiger partial charge in [0.2, 0.25) is 0 Å². The molecule has 2 aromatic rings. The molecule has 1 amide bonds. The maximum Gasteiger partial charge on any atom is 0.253 e. The predicted octanol–water partition coefficient (Wildman–Crippen LogP) is 1.23. The molecule has 1 aromatic heterocycles. The number of rotatable bonds is 4. The van der Waals surface area contributed by atoms with Gasteiger partial charge < -0.3 is 5.32 Å². The van der Waals surface area contributed by atoms with Crippen LogP contribution in [0.4, 0.5) is 0 Å². The Morgan fingerprint density at radius 2 is 2.39 bits per heavy atom. The van der Waals surface area contributed by atoms with Gasteiger partial charge >= 0.3 is 0 Å². The summed E-state index contributed by atoms with van der Waals surface area (Å²) in [5.41, 5.74) is 1.03. The minimum absolute atomic E-state index is 0.269. The quantitative estimate of drug-likeness (QED) is 0.842. The molecule has 1 heterocycles. The number of amides is 1. The van der Waals surface area contributed by atoms with Crippen LogP contribution in [-0.4, -0.2) is 32.7 Å². The summed E-state index contributed by atoms with van der Waals surface area (Å²) in [5, 5.41) is 13.8. The zero-order chi connectivity index (χ0) is 13.0. The second kappa shape index (κ2) is 5.42. The Morgan fingerprint density at radius 3 is 3.06 bits per heavy atom. The van der Waals surface area contributed by atoms with Crippen molar-refractivity contribution in [3.05, 3.63) is 47.8 Å². The van der Waals surface area contributed by atoms with Crippen LogP contribution in [0, 0.1) is 0 Å². The van der Waals surface area contributed by atoms with Crippen molar-refractivity contribution >= 4 is 17.5 Å². The fourth-order valence-electron chi connectivity index (χ4n) is 1.37. The van der Waals surface area contributed by atoms with Crippen LogP contribution >= 0.6 is 11.6 Å². The molecule has 18 heavy (non-hydrogen) atoms. The molecule has 0 unspecified atom stereocenters. The molecule has 0 aliphatic carbocycles. The van der Waals surface area contributed by atoms with Gasteiger partial charge in [0, 0.05) is 6.54 Å². The van der Waals surface area contributed by atoms with E-state index in [9.17, 15) is 4.79 Å². The summed E-state index contributed by atoms with van der Waals surface area (Å²) in [4.78, 5) is 11.8. The second-order valence-electron chi connectivity index (χ2n) is 3.42. The van der Waals surface area contributed by atoms with Crippen LogP contribution < -0.4 is 5.32 Å². The SMILES string of the molecule is C=CCNC(=O)c1cc(-n2cnnn2)ccc1Cl. The molecule has 1 N–H and O–H groups in total. The van der Waals surface area contributed by atoms with E-state index >= 15 is 0 Å². The summed E-state index contributed by atoms with van der Waals surface area (Å²) in [6.45, 7) is 3.91. The molecular formula is C11H10ClN5O. The van der Waals surface area contributed by atoms with Crippen LogP contribution in [0.3, 0.4) is 0 Å². The normalized spacial score (nSPS) is 10.1. The highest BCUT2D eigenvalue weighted by molar-refractivity contribution is 6.33. The molecule has 7 heteroatoms. The van der Waals surface area contributed by atoms with Gasteiger partial charge in [0.15, 0.2) is 0 Å². The summed E-state index contributed by atoms with van der Waals surface area (Å²) in [6, 6.07) is 4.97. The summed E-state index contributed by atoms with van der Waals surface area (Å²) < 4.78 is 1.45. The van der Waals surface area contributed by atoms with E-state index in [1.807, 2.05) is 0 Å². The molecule has 0 aliphatic heterocycles. The van der Waals surface area contributed by atoms with Gasteiger partial charge in [0.25, 0.3) is 5.91 Å². The average molecular weight is 264 g/mol. The predicted molar refractivity (Wildman–Crippen MR) is 66.7 cm³/mol. The molecule has 1 aromatic carbocycles. The first-order valence-corrected chi connectivity index (χ1v) is 5.52. The molecule has 0 spiro atoms. The highest BCUT2D eigenvalue weighted by atomic mass is 35.5. The van der Waals surface area contributed by atoms with Crippen LogP contribution in [0.5, 0.6) is 0 Å². The lowest BCUT2D eigenvalue weighted by molar-refractivity contribution is 0.0958. The Kier molecular flexibility index (Phi) is 3.69. The Balaban J connectivity index is 2.32. The lowest BCUT2D eigenvalue weighted by Crippen LogP contribution is -2.23. The molecule has 0 fully saturated rings. The Labute approximate surface area is 108 Å². The molecule has 6 nitrogen and oxygen atoms in total. The highest BCUT2D eigenvalue weighted by Crippen LogP contribution is 2.19. The highest BCUT2D eigenvalue weighted by Gasteiger charge is 2.11. The van der Waals surface area contributed by atoms with Crippen molar-refractivity contribution in [2.24, 2.45) is 0 Å². The van der Waals surface area contributed by atoms with Gasteiger partial charge in [0.05, 0.1) is 16.3 Å². The van der Waals surface area contributed by atoms with E-state index in [4.69, 9.17) is 11.6 Å². The van der Waals surface area contributed by atoms with E-state index in [2.05, 4.69) is 27.4 Å². The largest absolute Gasteiger partial charge is 0.349 e. The average Bonchev–Trinajstić information content (AvgIpc) is 2.90. The summed E-state index contributed by atoms with van der Waals surface area (Å²) in [7, 11) is 0. The molecule has 92 valence electrons. The molecular weight excluding hydrogens is 254 g/mol. The third kappa shape index (κ3) is 2.54. The van der Waals surface area contributed by atoms with Crippen LogP contribution in [0.1, 0.15) is 10.4 Å². The van der Waals surface area contributed by atoms with Gasteiger partial charge in [0.1, 0.15) is 6.33 Å². The number of carbonyl (C=O) groups excluding carboxylic acids is 1. The topological polar surface area (TPSA) is 72.7 Å². The van der Waals surface area contributed by atoms with E-state index < -0.39 is 0 Å². The number of hydrogen-bond donors (Lipinski definition) is 1. The third-order valence-electron chi connectivity index (χ3n) is 2.22. The number of hydrogen-bond acceptors (Lipinski definition) is 4. The Morgan fingerprint density at radius 1 is 1.56 bits per heavy atom. The van der Waals surface area contributed by atoms with Crippen molar-refractivity contribution in [3.63, 3.8) is 0 Å². The zero-order valence-corrected chi connectivity index (χ0v) is 10.1. The van der Waals surface area contributed by atoms with E-state index in [1.54, 1.807) is 24.3 Å².